The van der Waals surface area contributed by atoms with Crippen molar-refractivity contribution in [3.05, 3.63) is 39.9 Å². The van der Waals surface area contributed by atoms with Crippen molar-refractivity contribution in [3.63, 3.8) is 0 Å². The number of hydrogen-bond acceptors (Lipinski definition) is 5. The molecule has 0 bridgehead atoms. The van der Waals surface area contributed by atoms with Crippen molar-refractivity contribution < 1.29 is 9.59 Å². The Kier molecular flexibility index (Phi) is 5.56. The number of hydrogen-bond donors (Lipinski definition) is 3. The van der Waals surface area contributed by atoms with Crippen molar-refractivity contribution in [1.29, 1.82) is 0 Å². The van der Waals surface area contributed by atoms with E-state index in [1.54, 1.807) is 12.3 Å². The molecule has 0 unspecified atom stereocenters. The summed E-state index contributed by atoms with van der Waals surface area (Å²) in [5, 5.41) is 0.535. The number of carbonyl (C=O) groups excluding carboxylic acids is 2. The number of rotatable bonds is 4. The summed E-state index contributed by atoms with van der Waals surface area (Å²) in [5.74, 6) is -0.657. The number of halogens is 1. The van der Waals surface area contributed by atoms with Gasteiger partial charge in [0.05, 0.1) is 5.75 Å². The average Bonchev–Trinajstić information content (AvgIpc) is 2.88. The summed E-state index contributed by atoms with van der Waals surface area (Å²) >= 11 is 4.43. The molecule has 0 aromatic carbocycles. The highest BCUT2D eigenvalue weighted by Crippen LogP contribution is 2.13. The van der Waals surface area contributed by atoms with Crippen LogP contribution in [0.2, 0.25) is 0 Å². The standard InChI is InChI=1S/C13H14BrN5O2S/c1-7-3-8(2)17-13(16-7)22-6-11(20)18-19-12(21)10-4-9(14)5-15-10/h3-5,15H,6H2,1-2H3,(H,18,20)(H,19,21). The maximum atomic E-state index is 11.7. The lowest BCUT2D eigenvalue weighted by Gasteiger charge is -2.06. The van der Waals surface area contributed by atoms with Crippen LogP contribution in [0.25, 0.3) is 0 Å². The Morgan fingerprint density at radius 1 is 1.23 bits per heavy atom. The smallest absolute Gasteiger partial charge is 0.286 e. The van der Waals surface area contributed by atoms with Gasteiger partial charge in [-0.2, -0.15) is 0 Å². The molecule has 2 amide bonds. The van der Waals surface area contributed by atoms with Crippen LogP contribution in [0.3, 0.4) is 0 Å². The van der Waals surface area contributed by atoms with Gasteiger partial charge in [0, 0.05) is 22.1 Å². The molecule has 0 aliphatic rings. The molecule has 3 N–H and O–H groups in total. The van der Waals surface area contributed by atoms with Crippen molar-refractivity contribution in [2.75, 3.05) is 5.75 Å². The Morgan fingerprint density at radius 2 is 1.91 bits per heavy atom. The topological polar surface area (TPSA) is 99.8 Å². The number of carbonyl (C=O) groups is 2. The van der Waals surface area contributed by atoms with Gasteiger partial charge < -0.3 is 4.98 Å². The average molecular weight is 384 g/mol. The fraction of sp³-hybridized carbons (Fsp3) is 0.231. The van der Waals surface area contributed by atoms with Gasteiger partial charge in [0.2, 0.25) is 5.91 Å². The number of aromatic amines is 1. The molecular weight excluding hydrogens is 370 g/mol. The fourth-order valence-corrected chi connectivity index (χ4v) is 2.71. The van der Waals surface area contributed by atoms with Crippen LogP contribution in [0.4, 0.5) is 0 Å². The first-order valence-corrected chi connectivity index (χ1v) is 8.10. The lowest BCUT2D eigenvalue weighted by molar-refractivity contribution is -0.119. The molecule has 2 heterocycles. The number of hydrazine groups is 1. The van der Waals surface area contributed by atoms with Crippen LogP contribution < -0.4 is 10.9 Å². The van der Waals surface area contributed by atoms with E-state index in [-0.39, 0.29) is 11.7 Å². The van der Waals surface area contributed by atoms with Gasteiger partial charge in [-0.3, -0.25) is 20.4 Å². The van der Waals surface area contributed by atoms with E-state index in [9.17, 15) is 9.59 Å². The predicted molar refractivity (Wildman–Crippen MR) is 86.3 cm³/mol. The van der Waals surface area contributed by atoms with Crippen LogP contribution in [0.1, 0.15) is 21.9 Å². The number of thioether (sulfide) groups is 1. The predicted octanol–water partition coefficient (Wildman–Crippen LogP) is 1.74. The normalized spacial score (nSPS) is 10.3. The quantitative estimate of drug-likeness (QED) is 0.424. The Morgan fingerprint density at radius 3 is 2.50 bits per heavy atom. The van der Waals surface area contributed by atoms with E-state index < -0.39 is 5.91 Å². The number of H-pyrrole nitrogens is 1. The second kappa shape index (κ2) is 7.41. The maximum absolute atomic E-state index is 11.7. The molecule has 0 aliphatic carbocycles. The summed E-state index contributed by atoms with van der Waals surface area (Å²) in [6, 6.07) is 3.47. The molecule has 0 atom stereocenters. The lowest BCUT2D eigenvalue weighted by Crippen LogP contribution is -2.42. The zero-order chi connectivity index (χ0) is 16.1. The van der Waals surface area contributed by atoms with Crippen LogP contribution in [-0.4, -0.2) is 32.5 Å². The third-order valence-corrected chi connectivity index (χ3v) is 3.81. The van der Waals surface area contributed by atoms with Crippen molar-refractivity contribution in [2.24, 2.45) is 0 Å². The van der Waals surface area contributed by atoms with E-state index in [1.807, 2.05) is 19.9 Å². The van der Waals surface area contributed by atoms with Gasteiger partial charge in [0.1, 0.15) is 5.69 Å². The number of nitrogens with one attached hydrogen (secondary N) is 3. The molecule has 0 aliphatic heterocycles. The molecule has 0 spiro atoms. The van der Waals surface area contributed by atoms with Gasteiger partial charge in [-0.15, -0.1) is 0 Å². The van der Waals surface area contributed by atoms with Gasteiger partial charge in [-0.25, -0.2) is 9.97 Å². The maximum Gasteiger partial charge on any atom is 0.286 e. The highest BCUT2D eigenvalue weighted by Gasteiger charge is 2.10. The molecule has 2 aromatic heterocycles. The van der Waals surface area contributed by atoms with E-state index in [0.717, 1.165) is 15.9 Å². The van der Waals surface area contributed by atoms with E-state index >= 15 is 0 Å². The third kappa shape index (κ3) is 4.85. The molecule has 0 fully saturated rings. The Hall–Kier alpha value is -1.87. The zero-order valence-electron chi connectivity index (χ0n) is 11.9. The summed E-state index contributed by atoms with van der Waals surface area (Å²) < 4.78 is 0.756. The second-order valence-corrected chi connectivity index (χ2v) is 6.31. The molecular formula is C13H14BrN5O2S. The summed E-state index contributed by atoms with van der Waals surface area (Å²) in [6.07, 6.45) is 1.63. The lowest BCUT2D eigenvalue weighted by atomic mass is 10.4. The van der Waals surface area contributed by atoms with Gasteiger partial charge >= 0.3 is 0 Å². The van der Waals surface area contributed by atoms with Crippen LogP contribution in [-0.2, 0) is 4.79 Å². The minimum absolute atomic E-state index is 0.109. The number of aromatic nitrogens is 3. The van der Waals surface area contributed by atoms with Crippen molar-refractivity contribution in [3.8, 4) is 0 Å². The highest BCUT2D eigenvalue weighted by molar-refractivity contribution is 9.10. The minimum Gasteiger partial charge on any atom is -0.356 e. The first-order chi connectivity index (χ1) is 10.4. The molecule has 2 rings (SSSR count). The van der Waals surface area contributed by atoms with Gasteiger partial charge in [0.25, 0.3) is 5.91 Å². The van der Waals surface area contributed by atoms with E-state index in [1.165, 1.54) is 11.8 Å². The Bertz CT molecular complexity index is 683. The van der Waals surface area contributed by atoms with E-state index in [0.29, 0.717) is 10.9 Å². The van der Waals surface area contributed by atoms with Crippen molar-refractivity contribution in [1.82, 2.24) is 25.8 Å². The van der Waals surface area contributed by atoms with E-state index in [4.69, 9.17) is 0 Å². The molecule has 22 heavy (non-hydrogen) atoms. The molecule has 2 aromatic rings. The fourth-order valence-electron chi connectivity index (χ4n) is 1.62. The SMILES string of the molecule is Cc1cc(C)nc(SCC(=O)NNC(=O)c2cc(Br)c[nH]2)n1. The van der Waals surface area contributed by atoms with Crippen molar-refractivity contribution >= 4 is 39.5 Å². The van der Waals surface area contributed by atoms with E-state index in [2.05, 4.69) is 41.7 Å². The van der Waals surface area contributed by atoms with Crippen LogP contribution in [0, 0.1) is 13.8 Å². The monoisotopic (exact) mass is 383 g/mol. The Balaban J connectivity index is 1.79. The highest BCUT2D eigenvalue weighted by atomic mass is 79.9. The van der Waals surface area contributed by atoms with Crippen LogP contribution in [0.5, 0.6) is 0 Å². The summed E-state index contributed by atoms with van der Waals surface area (Å²) in [6.45, 7) is 3.74. The number of amides is 2. The number of aryl methyl sites for hydroxylation is 2. The Labute approximate surface area is 139 Å². The first-order valence-electron chi connectivity index (χ1n) is 6.32. The van der Waals surface area contributed by atoms with Gasteiger partial charge in [0.15, 0.2) is 5.16 Å². The second-order valence-electron chi connectivity index (χ2n) is 4.46. The molecule has 7 nitrogen and oxygen atoms in total. The minimum atomic E-state index is -0.424. The summed E-state index contributed by atoms with van der Waals surface area (Å²) in [7, 11) is 0. The summed E-state index contributed by atoms with van der Waals surface area (Å²) in [4.78, 5) is 34.6. The zero-order valence-corrected chi connectivity index (χ0v) is 14.3. The molecule has 0 saturated carbocycles. The first kappa shape index (κ1) is 16.5. The third-order valence-electron chi connectivity index (χ3n) is 2.50. The largest absolute Gasteiger partial charge is 0.356 e. The van der Waals surface area contributed by atoms with Gasteiger partial charge in [-0.1, -0.05) is 11.8 Å². The molecule has 9 heteroatoms. The molecule has 116 valence electrons. The number of nitrogens with zero attached hydrogens (tertiary/aromatic N) is 2. The summed E-state index contributed by atoms with van der Waals surface area (Å²) in [5.41, 5.74) is 6.71. The van der Waals surface area contributed by atoms with Crippen LogP contribution in [0.15, 0.2) is 28.0 Å². The molecule has 0 radical (unpaired) electrons. The van der Waals surface area contributed by atoms with Crippen molar-refractivity contribution in [2.45, 2.75) is 19.0 Å². The molecule has 0 saturated heterocycles. The van der Waals surface area contributed by atoms with Gasteiger partial charge in [-0.05, 0) is 41.9 Å². The van der Waals surface area contributed by atoms with Crippen LogP contribution >= 0.6 is 27.7 Å².